The van der Waals surface area contributed by atoms with E-state index in [9.17, 15) is 19.5 Å². The number of aliphatic hydroxyl groups is 2. The first-order valence-corrected chi connectivity index (χ1v) is 7.57. The van der Waals surface area contributed by atoms with Crippen molar-refractivity contribution in [3.8, 4) is 0 Å². The molecule has 9 nitrogen and oxygen atoms in total. The minimum absolute atomic E-state index is 0.0527. The molecule has 0 unspecified atom stereocenters. The maximum atomic E-state index is 12.6. The molecular weight excluding hydrogens is 320 g/mol. The number of aryl methyl sites for hydroxylation is 1. The van der Waals surface area contributed by atoms with Crippen LogP contribution in [0.5, 0.6) is 0 Å². The molecule has 2 N–H and O–H groups in total. The summed E-state index contributed by atoms with van der Waals surface area (Å²) >= 11 is 0. The fourth-order valence-electron chi connectivity index (χ4n) is 2.42. The van der Waals surface area contributed by atoms with E-state index in [-0.39, 0.29) is 12.0 Å². The van der Waals surface area contributed by atoms with Crippen molar-refractivity contribution < 1.29 is 24.5 Å². The average Bonchev–Trinajstić information content (AvgIpc) is 2.82. The summed E-state index contributed by atoms with van der Waals surface area (Å²) in [5, 5.41) is 18.9. The SMILES string of the molecule is Cc1cn([C@H]2C[C@H](O)[C@@H](CO)O2)c(=O)n(C(=O)OC(C)(C)C)c1=O. The zero-order valence-corrected chi connectivity index (χ0v) is 14.1. The minimum atomic E-state index is -1.08. The highest BCUT2D eigenvalue weighted by Gasteiger charge is 2.36. The van der Waals surface area contributed by atoms with Crippen LogP contribution in [0.2, 0.25) is 0 Å². The molecule has 1 aliphatic rings. The van der Waals surface area contributed by atoms with Gasteiger partial charge in [0.1, 0.15) is 17.9 Å². The third-order valence-corrected chi connectivity index (χ3v) is 3.56. The standard InChI is InChI=1S/C15H22N2O7/c1-8-6-16(11-5-9(19)10(7-18)23-11)13(21)17(12(8)20)14(22)24-15(2,3)4/h6,9-11,18-19H,5,7H2,1-4H3/t9-,10+,11+/m0/s1. The van der Waals surface area contributed by atoms with Crippen molar-refractivity contribution >= 4 is 6.09 Å². The second-order valence-electron chi connectivity index (χ2n) is 6.74. The predicted octanol–water partition coefficient (Wildman–Crippen LogP) is -0.258. The molecule has 1 aliphatic heterocycles. The van der Waals surface area contributed by atoms with E-state index < -0.39 is 48.0 Å². The van der Waals surface area contributed by atoms with E-state index in [1.54, 1.807) is 20.8 Å². The van der Waals surface area contributed by atoms with Crippen molar-refractivity contribution in [2.45, 2.75) is 58.2 Å². The van der Waals surface area contributed by atoms with Gasteiger partial charge in [0.2, 0.25) is 0 Å². The molecule has 2 heterocycles. The lowest BCUT2D eigenvalue weighted by molar-refractivity contribution is -0.0464. The van der Waals surface area contributed by atoms with Gasteiger partial charge in [-0.15, -0.1) is 0 Å². The summed E-state index contributed by atoms with van der Waals surface area (Å²) < 4.78 is 12.0. The van der Waals surface area contributed by atoms with Crippen LogP contribution in [0.4, 0.5) is 4.79 Å². The Labute approximate surface area is 138 Å². The smallest absolute Gasteiger partial charge is 0.425 e. The van der Waals surface area contributed by atoms with Crippen LogP contribution < -0.4 is 11.2 Å². The van der Waals surface area contributed by atoms with Crippen LogP contribution in [-0.4, -0.2) is 49.9 Å². The zero-order valence-electron chi connectivity index (χ0n) is 14.1. The molecule has 3 atom stereocenters. The van der Waals surface area contributed by atoms with Crippen molar-refractivity contribution in [2.75, 3.05) is 6.61 Å². The molecule has 9 heteroatoms. The quantitative estimate of drug-likeness (QED) is 0.760. The Morgan fingerprint density at radius 1 is 1.42 bits per heavy atom. The van der Waals surface area contributed by atoms with Gasteiger partial charge in [0.15, 0.2) is 0 Å². The van der Waals surface area contributed by atoms with Gasteiger partial charge in [-0.25, -0.2) is 9.59 Å². The molecule has 1 saturated heterocycles. The lowest BCUT2D eigenvalue weighted by Gasteiger charge is -2.21. The van der Waals surface area contributed by atoms with E-state index in [2.05, 4.69) is 0 Å². The number of rotatable bonds is 2. The van der Waals surface area contributed by atoms with E-state index in [0.717, 1.165) is 4.57 Å². The minimum Gasteiger partial charge on any atom is -0.443 e. The summed E-state index contributed by atoms with van der Waals surface area (Å²) in [4.78, 5) is 36.9. The highest BCUT2D eigenvalue weighted by Crippen LogP contribution is 2.27. The molecule has 0 aromatic carbocycles. The Hall–Kier alpha value is -1.97. The van der Waals surface area contributed by atoms with Gasteiger partial charge in [-0.2, -0.15) is 4.57 Å². The summed E-state index contributed by atoms with van der Waals surface area (Å²) in [5.41, 5.74) is -2.43. The van der Waals surface area contributed by atoms with Crippen LogP contribution in [0.25, 0.3) is 0 Å². The molecule has 0 amide bonds. The number of aliphatic hydroxyl groups excluding tert-OH is 2. The zero-order chi connectivity index (χ0) is 18.2. The fraction of sp³-hybridized carbons (Fsp3) is 0.667. The molecule has 0 bridgehead atoms. The number of carbonyl (C=O) groups excluding carboxylic acids is 1. The van der Waals surface area contributed by atoms with Gasteiger partial charge in [-0.3, -0.25) is 9.36 Å². The third-order valence-electron chi connectivity index (χ3n) is 3.56. The third kappa shape index (κ3) is 3.58. The van der Waals surface area contributed by atoms with Crippen molar-refractivity contribution in [1.29, 1.82) is 0 Å². The molecule has 0 aliphatic carbocycles. The normalized spacial score (nSPS) is 24.2. The van der Waals surface area contributed by atoms with Crippen molar-refractivity contribution in [3.63, 3.8) is 0 Å². The topological polar surface area (TPSA) is 120 Å². The molecule has 1 aromatic heterocycles. The molecule has 0 saturated carbocycles. The van der Waals surface area contributed by atoms with Crippen LogP contribution in [0.1, 0.15) is 39.0 Å². The molecule has 1 aromatic rings. The number of hydrogen-bond donors (Lipinski definition) is 2. The molecule has 0 spiro atoms. The first-order valence-electron chi connectivity index (χ1n) is 7.57. The molecule has 2 rings (SSSR count). The molecule has 134 valence electrons. The van der Waals surface area contributed by atoms with Gasteiger partial charge in [-0.05, 0) is 27.7 Å². The number of ether oxygens (including phenoxy) is 2. The summed E-state index contributed by atoms with van der Waals surface area (Å²) in [7, 11) is 0. The largest absolute Gasteiger partial charge is 0.443 e. The van der Waals surface area contributed by atoms with Gasteiger partial charge in [0.25, 0.3) is 5.56 Å². The summed E-state index contributed by atoms with van der Waals surface area (Å²) in [6.07, 6.45) is -2.43. The number of nitrogens with zero attached hydrogens (tertiary/aromatic N) is 2. The highest BCUT2D eigenvalue weighted by molar-refractivity contribution is 5.70. The Morgan fingerprint density at radius 2 is 2.04 bits per heavy atom. The average molecular weight is 342 g/mol. The number of aromatic nitrogens is 2. The summed E-state index contributed by atoms with van der Waals surface area (Å²) in [6, 6.07) is 0. The van der Waals surface area contributed by atoms with Crippen molar-refractivity contribution in [2.24, 2.45) is 0 Å². The predicted molar refractivity (Wildman–Crippen MR) is 83.0 cm³/mol. The van der Waals surface area contributed by atoms with E-state index in [1.807, 2.05) is 0 Å². The van der Waals surface area contributed by atoms with E-state index in [4.69, 9.17) is 14.6 Å². The highest BCUT2D eigenvalue weighted by atomic mass is 16.6. The lowest BCUT2D eigenvalue weighted by atomic mass is 10.2. The maximum absolute atomic E-state index is 12.6. The summed E-state index contributed by atoms with van der Waals surface area (Å²) in [5.74, 6) is 0. The van der Waals surface area contributed by atoms with Gasteiger partial charge in [-0.1, -0.05) is 0 Å². The monoisotopic (exact) mass is 342 g/mol. The lowest BCUT2D eigenvalue weighted by Crippen LogP contribution is -2.47. The van der Waals surface area contributed by atoms with Crippen LogP contribution in [0.3, 0.4) is 0 Å². The maximum Gasteiger partial charge on any atom is 0.425 e. The first-order chi connectivity index (χ1) is 11.0. The van der Waals surface area contributed by atoms with Crippen LogP contribution in [-0.2, 0) is 9.47 Å². The Kier molecular flexibility index (Phi) is 4.97. The van der Waals surface area contributed by atoms with Crippen LogP contribution in [0.15, 0.2) is 15.8 Å². The Morgan fingerprint density at radius 3 is 2.54 bits per heavy atom. The molecule has 0 radical (unpaired) electrons. The summed E-state index contributed by atoms with van der Waals surface area (Å²) in [6.45, 7) is 5.90. The van der Waals surface area contributed by atoms with Crippen LogP contribution in [0, 0.1) is 6.92 Å². The second kappa shape index (κ2) is 6.50. The number of hydrogen-bond acceptors (Lipinski definition) is 7. The van der Waals surface area contributed by atoms with Gasteiger partial charge >= 0.3 is 11.8 Å². The number of carbonyl (C=O) groups is 1. The van der Waals surface area contributed by atoms with Gasteiger partial charge < -0.3 is 19.7 Å². The molecule has 1 fully saturated rings. The van der Waals surface area contributed by atoms with E-state index >= 15 is 0 Å². The van der Waals surface area contributed by atoms with Crippen LogP contribution >= 0.6 is 0 Å². The van der Waals surface area contributed by atoms with Gasteiger partial charge in [0.05, 0.1) is 12.7 Å². The van der Waals surface area contributed by atoms with E-state index in [0.29, 0.717) is 4.57 Å². The molecule has 24 heavy (non-hydrogen) atoms. The van der Waals surface area contributed by atoms with Crippen molar-refractivity contribution in [3.05, 3.63) is 32.6 Å². The van der Waals surface area contributed by atoms with Gasteiger partial charge in [0, 0.05) is 18.2 Å². The Balaban J connectivity index is 2.48. The Bertz CT molecular complexity index is 744. The first kappa shape index (κ1) is 18.4. The molecular formula is C15H22N2O7. The van der Waals surface area contributed by atoms with Crippen molar-refractivity contribution in [1.82, 2.24) is 9.13 Å². The fourth-order valence-corrected chi connectivity index (χ4v) is 2.42. The van der Waals surface area contributed by atoms with E-state index in [1.165, 1.54) is 13.1 Å². The second-order valence-corrected chi connectivity index (χ2v) is 6.74.